The zero-order valence-electron chi connectivity index (χ0n) is 17.1. The van der Waals surface area contributed by atoms with Crippen molar-refractivity contribution in [3.8, 4) is 0 Å². The van der Waals surface area contributed by atoms with Crippen LogP contribution in [0, 0.1) is 0 Å². The number of fused-ring (bicyclic) bond motifs is 1. The lowest BCUT2D eigenvalue weighted by Gasteiger charge is -2.21. The predicted molar refractivity (Wildman–Crippen MR) is 114 cm³/mol. The number of carbonyl (C=O) groups excluding carboxylic acids is 1. The molecule has 1 fully saturated rings. The average Bonchev–Trinajstić information content (AvgIpc) is 3.10. The van der Waals surface area contributed by atoms with Gasteiger partial charge >= 0.3 is 0 Å². The number of hydrogen-bond donors (Lipinski definition) is 1. The molecule has 1 aromatic carbocycles. The Morgan fingerprint density at radius 2 is 1.93 bits per heavy atom. The molecule has 1 aliphatic heterocycles. The number of aromatic nitrogens is 3. The van der Waals surface area contributed by atoms with Crippen molar-refractivity contribution in [3.05, 3.63) is 60.0 Å². The van der Waals surface area contributed by atoms with Gasteiger partial charge in [0.05, 0.1) is 11.7 Å². The number of amides is 1. The molecule has 0 saturated carbocycles. The second-order valence-corrected chi connectivity index (χ2v) is 7.12. The minimum Gasteiger partial charge on any atom is -0.483 e. The van der Waals surface area contributed by atoms with Gasteiger partial charge in [-0.2, -0.15) is 5.10 Å². The second-order valence-electron chi connectivity index (χ2n) is 7.12. The van der Waals surface area contributed by atoms with Crippen molar-refractivity contribution in [1.29, 1.82) is 0 Å². The number of carbonyl (C=O) groups is 2. The number of aryl methyl sites for hydroxylation is 1. The molecule has 1 saturated heterocycles. The van der Waals surface area contributed by atoms with Gasteiger partial charge in [0, 0.05) is 56.4 Å². The summed E-state index contributed by atoms with van der Waals surface area (Å²) in [6.07, 6.45) is 5.02. The Morgan fingerprint density at radius 3 is 2.70 bits per heavy atom. The molecule has 1 amide bonds. The molecule has 158 valence electrons. The SMILES string of the molecule is CCn1cc(CN2CCCN(C(=O)c3ccc4ccccc4n3)CC2)cn1.O=CO. The molecule has 3 heterocycles. The molecular formula is C22H27N5O3. The fourth-order valence-corrected chi connectivity index (χ4v) is 3.60. The third kappa shape index (κ3) is 5.42. The highest BCUT2D eigenvalue weighted by Crippen LogP contribution is 2.15. The summed E-state index contributed by atoms with van der Waals surface area (Å²) in [6.45, 7) is 6.99. The summed E-state index contributed by atoms with van der Waals surface area (Å²) in [6, 6.07) is 11.7. The van der Waals surface area contributed by atoms with Crippen molar-refractivity contribution in [3.63, 3.8) is 0 Å². The van der Waals surface area contributed by atoms with Crippen molar-refractivity contribution in [2.24, 2.45) is 0 Å². The Morgan fingerprint density at radius 1 is 1.13 bits per heavy atom. The molecule has 0 bridgehead atoms. The molecular weight excluding hydrogens is 382 g/mol. The Labute approximate surface area is 175 Å². The van der Waals surface area contributed by atoms with E-state index < -0.39 is 0 Å². The molecule has 1 aliphatic rings. The van der Waals surface area contributed by atoms with Crippen LogP contribution >= 0.6 is 0 Å². The predicted octanol–water partition coefficient (Wildman–Crippen LogP) is 2.50. The number of benzene rings is 1. The molecule has 30 heavy (non-hydrogen) atoms. The van der Waals surface area contributed by atoms with Crippen molar-refractivity contribution in [2.45, 2.75) is 26.4 Å². The molecule has 8 nitrogen and oxygen atoms in total. The Balaban J connectivity index is 0.000000806. The van der Waals surface area contributed by atoms with Gasteiger partial charge in [0.1, 0.15) is 5.69 Å². The first-order valence-electron chi connectivity index (χ1n) is 10.1. The molecule has 2 aromatic heterocycles. The second kappa shape index (κ2) is 10.5. The minimum atomic E-state index is -0.250. The summed E-state index contributed by atoms with van der Waals surface area (Å²) in [7, 11) is 0. The molecule has 0 aliphatic carbocycles. The molecule has 8 heteroatoms. The Hall–Kier alpha value is -3.26. The highest BCUT2D eigenvalue weighted by Gasteiger charge is 2.21. The minimum absolute atomic E-state index is 0.0291. The summed E-state index contributed by atoms with van der Waals surface area (Å²) in [5, 5.41) is 12.3. The molecule has 1 N–H and O–H groups in total. The van der Waals surface area contributed by atoms with Gasteiger partial charge in [0.15, 0.2) is 0 Å². The smallest absolute Gasteiger partial charge is 0.290 e. The van der Waals surface area contributed by atoms with Crippen LogP contribution < -0.4 is 0 Å². The van der Waals surface area contributed by atoms with E-state index in [1.54, 1.807) is 0 Å². The van der Waals surface area contributed by atoms with Crippen LogP contribution in [0.2, 0.25) is 0 Å². The van der Waals surface area contributed by atoms with E-state index in [1.165, 1.54) is 5.56 Å². The van der Waals surface area contributed by atoms with Crippen LogP contribution in [-0.2, 0) is 17.9 Å². The topological polar surface area (TPSA) is 91.6 Å². The lowest BCUT2D eigenvalue weighted by molar-refractivity contribution is -0.122. The van der Waals surface area contributed by atoms with Crippen LogP contribution in [0.1, 0.15) is 29.4 Å². The van der Waals surface area contributed by atoms with E-state index in [0.717, 1.165) is 56.6 Å². The lowest BCUT2D eigenvalue weighted by Crippen LogP contribution is -2.35. The van der Waals surface area contributed by atoms with Crippen LogP contribution in [0.25, 0.3) is 10.9 Å². The van der Waals surface area contributed by atoms with Crippen LogP contribution in [-0.4, -0.2) is 68.2 Å². The van der Waals surface area contributed by atoms with Gasteiger partial charge in [-0.25, -0.2) is 4.98 Å². The van der Waals surface area contributed by atoms with Crippen LogP contribution in [0.15, 0.2) is 48.8 Å². The van der Waals surface area contributed by atoms with Gasteiger partial charge in [-0.1, -0.05) is 24.3 Å². The molecule has 0 atom stereocenters. The van der Waals surface area contributed by atoms with Gasteiger partial charge < -0.3 is 10.0 Å². The van der Waals surface area contributed by atoms with Crippen LogP contribution in [0.4, 0.5) is 0 Å². The molecule has 0 radical (unpaired) electrons. The quantitative estimate of drug-likeness (QED) is 0.666. The number of nitrogens with zero attached hydrogens (tertiary/aromatic N) is 5. The van der Waals surface area contributed by atoms with Crippen molar-refractivity contribution in [1.82, 2.24) is 24.6 Å². The van der Waals surface area contributed by atoms with Crippen molar-refractivity contribution >= 4 is 23.3 Å². The summed E-state index contributed by atoms with van der Waals surface area (Å²) < 4.78 is 1.95. The highest BCUT2D eigenvalue weighted by atomic mass is 16.3. The maximum Gasteiger partial charge on any atom is 0.290 e. The zero-order chi connectivity index (χ0) is 21.3. The molecule has 0 unspecified atom stereocenters. The van der Waals surface area contributed by atoms with Gasteiger partial charge in [-0.3, -0.25) is 19.2 Å². The first-order chi connectivity index (χ1) is 14.6. The van der Waals surface area contributed by atoms with Crippen molar-refractivity contribution < 1.29 is 14.7 Å². The van der Waals surface area contributed by atoms with Gasteiger partial charge in [-0.15, -0.1) is 0 Å². The van der Waals surface area contributed by atoms with Gasteiger partial charge in [0.25, 0.3) is 12.4 Å². The van der Waals surface area contributed by atoms with Crippen LogP contribution in [0.5, 0.6) is 0 Å². The van der Waals surface area contributed by atoms with E-state index in [9.17, 15) is 4.79 Å². The summed E-state index contributed by atoms with van der Waals surface area (Å²) in [5.41, 5.74) is 2.63. The highest BCUT2D eigenvalue weighted by molar-refractivity contribution is 5.94. The van der Waals surface area contributed by atoms with Crippen molar-refractivity contribution in [2.75, 3.05) is 26.2 Å². The van der Waals surface area contributed by atoms with E-state index in [2.05, 4.69) is 28.1 Å². The molecule has 4 rings (SSSR count). The summed E-state index contributed by atoms with van der Waals surface area (Å²) in [4.78, 5) is 30.2. The first kappa shape index (κ1) is 21.4. The number of pyridine rings is 1. The Kier molecular flexibility index (Phi) is 7.51. The van der Waals surface area contributed by atoms with E-state index in [4.69, 9.17) is 9.90 Å². The monoisotopic (exact) mass is 409 g/mol. The fraction of sp³-hybridized carbons (Fsp3) is 0.364. The number of hydrogen-bond acceptors (Lipinski definition) is 5. The van der Waals surface area contributed by atoms with E-state index in [0.29, 0.717) is 5.69 Å². The fourth-order valence-electron chi connectivity index (χ4n) is 3.60. The van der Waals surface area contributed by atoms with E-state index in [1.807, 2.05) is 52.2 Å². The lowest BCUT2D eigenvalue weighted by atomic mass is 10.2. The Bertz CT molecular complexity index is 988. The maximum absolute atomic E-state index is 12.9. The molecule has 3 aromatic rings. The zero-order valence-corrected chi connectivity index (χ0v) is 17.1. The third-order valence-electron chi connectivity index (χ3n) is 5.11. The first-order valence-corrected chi connectivity index (χ1v) is 10.1. The standard InChI is InChI=1S/C21H25N5O.CH2O2/c1-2-26-16-17(14-22-26)15-24-10-5-11-25(13-12-24)21(27)20-9-8-18-6-3-4-7-19(18)23-20;2-1-3/h3-4,6-9,14,16H,2,5,10-13,15H2,1H3;1H,(H,2,3). The summed E-state index contributed by atoms with van der Waals surface area (Å²) >= 11 is 0. The maximum atomic E-state index is 12.9. The average molecular weight is 409 g/mol. The number of para-hydroxylation sites is 1. The molecule has 0 spiro atoms. The van der Waals surface area contributed by atoms with Gasteiger partial charge in [-0.05, 0) is 25.5 Å². The van der Waals surface area contributed by atoms with E-state index in [-0.39, 0.29) is 12.4 Å². The number of rotatable bonds is 4. The summed E-state index contributed by atoms with van der Waals surface area (Å²) in [5.74, 6) is 0.0291. The van der Waals surface area contributed by atoms with Gasteiger partial charge in [0.2, 0.25) is 0 Å². The normalized spacial score (nSPS) is 14.6. The third-order valence-corrected chi connectivity index (χ3v) is 5.11. The number of carboxylic acid groups (broad SMARTS) is 1. The van der Waals surface area contributed by atoms with E-state index >= 15 is 0 Å². The van der Waals surface area contributed by atoms with Crippen LogP contribution in [0.3, 0.4) is 0 Å². The largest absolute Gasteiger partial charge is 0.483 e.